The van der Waals surface area contributed by atoms with Gasteiger partial charge < -0.3 is 15.6 Å². The van der Waals surface area contributed by atoms with Gasteiger partial charge in [-0.2, -0.15) is 0 Å². The molecular weight excluding hydrogens is 178 g/mol. The molecular formula is C11H15NO2. The average molecular weight is 193 g/mol. The van der Waals surface area contributed by atoms with Gasteiger partial charge in [-0.15, -0.1) is 6.58 Å². The van der Waals surface area contributed by atoms with Gasteiger partial charge in [-0.05, 0) is 24.1 Å². The fourth-order valence-electron chi connectivity index (χ4n) is 1.24. The molecule has 1 aromatic rings. The SMILES string of the molecule is C=CC[C@@H](N)c1ccc(O)c(OC)c1. The molecule has 3 heteroatoms. The first-order chi connectivity index (χ1) is 6.69. The second kappa shape index (κ2) is 4.67. The van der Waals surface area contributed by atoms with Gasteiger partial charge in [0.25, 0.3) is 0 Å². The largest absolute Gasteiger partial charge is 0.504 e. The van der Waals surface area contributed by atoms with Gasteiger partial charge in [0.05, 0.1) is 7.11 Å². The van der Waals surface area contributed by atoms with Gasteiger partial charge in [-0.1, -0.05) is 12.1 Å². The zero-order chi connectivity index (χ0) is 10.6. The van der Waals surface area contributed by atoms with Crippen LogP contribution in [0, 0.1) is 0 Å². The van der Waals surface area contributed by atoms with Crippen molar-refractivity contribution in [2.24, 2.45) is 5.73 Å². The maximum atomic E-state index is 9.36. The Morgan fingerprint density at radius 2 is 2.36 bits per heavy atom. The molecule has 0 heterocycles. The summed E-state index contributed by atoms with van der Waals surface area (Å²) in [4.78, 5) is 0. The van der Waals surface area contributed by atoms with Crippen LogP contribution < -0.4 is 10.5 Å². The molecule has 0 aliphatic carbocycles. The first-order valence-electron chi connectivity index (χ1n) is 4.42. The summed E-state index contributed by atoms with van der Waals surface area (Å²) in [5.74, 6) is 0.573. The van der Waals surface area contributed by atoms with Gasteiger partial charge in [-0.3, -0.25) is 0 Å². The number of nitrogens with two attached hydrogens (primary N) is 1. The highest BCUT2D eigenvalue weighted by Crippen LogP contribution is 2.29. The fourth-order valence-corrected chi connectivity index (χ4v) is 1.24. The van der Waals surface area contributed by atoms with Crippen LogP contribution in [0.1, 0.15) is 18.0 Å². The molecule has 1 atom stereocenters. The Labute approximate surface area is 83.8 Å². The summed E-state index contributed by atoms with van der Waals surface area (Å²) < 4.78 is 4.98. The molecule has 0 saturated heterocycles. The minimum Gasteiger partial charge on any atom is -0.504 e. The van der Waals surface area contributed by atoms with Gasteiger partial charge in [0.1, 0.15) is 0 Å². The van der Waals surface area contributed by atoms with E-state index in [0.717, 1.165) is 5.56 Å². The molecule has 0 saturated carbocycles. The Hall–Kier alpha value is -1.48. The third kappa shape index (κ3) is 2.26. The van der Waals surface area contributed by atoms with Crippen molar-refractivity contribution < 1.29 is 9.84 Å². The molecule has 1 rings (SSSR count). The monoisotopic (exact) mass is 193 g/mol. The van der Waals surface area contributed by atoms with Crippen molar-refractivity contribution in [1.29, 1.82) is 0 Å². The van der Waals surface area contributed by atoms with Crippen LogP contribution in [0.4, 0.5) is 0 Å². The Balaban J connectivity index is 2.93. The summed E-state index contributed by atoms with van der Waals surface area (Å²) >= 11 is 0. The Morgan fingerprint density at radius 3 is 2.93 bits per heavy atom. The fraction of sp³-hybridized carbons (Fsp3) is 0.273. The lowest BCUT2D eigenvalue weighted by molar-refractivity contribution is 0.372. The zero-order valence-corrected chi connectivity index (χ0v) is 8.23. The molecule has 0 unspecified atom stereocenters. The summed E-state index contributed by atoms with van der Waals surface area (Å²) in [7, 11) is 1.51. The van der Waals surface area contributed by atoms with E-state index in [4.69, 9.17) is 10.5 Å². The Morgan fingerprint density at radius 1 is 1.64 bits per heavy atom. The third-order valence-electron chi connectivity index (χ3n) is 2.05. The van der Waals surface area contributed by atoms with E-state index in [-0.39, 0.29) is 11.8 Å². The molecule has 1 aromatic carbocycles. The zero-order valence-electron chi connectivity index (χ0n) is 8.23. The Kier molecular flexibility index (Phi) is 3.54. The summed E-state index contributed by atoms with van der Waals surface area (Å²) in [5, 5.41) is 9.36. The van der Waals surface area contributed by atoms with E-state index in [2.05, 4.69) is 6.58 Å². The van der Waals surface area contributed by atoms with Crippen LogP contribution in [-0.2, 0) is 0 Å². The maximum Gasteiger partial charge on any atom is 0.160 e. The number of benzene rings is 1. The minimum absolute atomic E-state index is 0.0954. The van der Waals surface area contributed by atoms with E-state index in [9.17, 15) is 5.11 Å². The van der Waals surface area contributed by atoms with E-state index in [1.165, 1.54) is 7.11 Å². The lowest BCUT2D eigenvalue weighted by Crippen LogP contribution is -2.08. The quantitative estimate of drug-likeness (QED) is 0.719. The number of aromatic hydroxyl groups is 1. The number of hydrogen-bond acceptors (Lipinski definition) is 3. The molecule has 3 nitrogen and oxygen atoms in total. The number of rotatable bonds is 4. The summed E-state index contributed by atoms with van der Waals surface area (Å²) in [6.07, 6.45) is 2.47. The molecule has 0 fully saturated rings. The van der Waals surface area contributed by atoms with Crippen molar-refractivity contribution in [3.63, 3.8) is 0 Å². The van der Waals surface area contributed by atoms with Crippen LogP contribution in [0.5, 0.6) is 11.5 Å². The predicted octanol–water partition coefficient (Wildman–Crippen LogP) is 1.98. The molecule has 0 aliphatic heterocycles. The molecule has 0 aromatic heterocycles. The highest BCUT2D eigenvalue weighted by Gasteiger charge is 2.07. The highest BCUT2D eigenvalue weighted by atomic mass is 16.5. The van der Waals surface area contributed by atoms with E-state index in [1.54, 1.807) is 24.3 Å². The van der Waals surface area contributed by atoms with Gasteiger partial charge in [0, 0.05) is 6.04 Å². The molecule has 3 N–H and O–H groups in total. The van der Waals surface area contributed by atoms with Crippen LogP contribution in [0.25, 0.3) is 0 Å². The number of phenols is 1. The molecule has 14 heavy (non-hydrogen) atoms. The van der Waals surface area contributed by atoms with Gasteiger partial charge in [-0.25, -0.2) is 0 Å². The second-order valence-corrected chi connectivity index (χ2v) is 3.06. The molecule has 76 valence electrons. The van der Waals surface area contributed by atoms with Crippen LogP contribution in [0.15, 0.2) is 30.9 Å². The standard InChI is InChI=1S/C11H15NO2/c1-3-4-9(12)8-5-6-10(13)11(7-8)14-2/h3,5-7,9,13H,1,4,12H2,2H3/t9-/m1/s1. The maximum absolute atomic E-state index is 9.36. The lowest BCUT2D eigenvalue weighted by Gasteiger charge is -2.11. The number of hydrogen-bond donors (Lipinski definition) is 2. The summed E-state index contributed by atoms with van der Waals surface area (Å²) in [6, 6.07) is 5.01. The smallest absolute Gasteiger partial charge is 0.160 e. The van der Waals surface area contributed by atoms with Crippen molar-refractivity contribution in [1.82, 2.24) is 0 Å². The highest BCUT2D eigenvalue weighted by molar-refractivity contribution is 5.42. The normalized spacial score (nSPS) is 12.1. The molecule has 0 amide bonds. The van der Waals surface area contributed by atoms with Crippen LogP contribution in [-0.4, -0.2) is 12.2 Å². The van der Waals surface area contributed by atoms with Crippen molar-refractivity contribution in [2.75, 3.05) is 7.11 Å². The van der Waals surface area contributed by atoms with E-state index >= 15 is 0 Å². The van der Waals surface area contributed by atoms with Crippen molar-refractivity contribution in [2.45, 2.75) is 12.5 Å². The number of methoxy groups -OCH3 is 1. The van der Waals surface area contributed by atoms with E-state index < -0.39 is 0 Å². The number of ether oxygens (including phenoxy) is 1. The van der Waals surface area contributed by atoms with Crippen molar-refractivity contribution in [3.05, 3.63) is 36.4 Å². The lowest BCUT2D eigenvalue weighted by atomic mass is 10.0. The molecule has 0 spiro atoms. The van der Waals surface area contributed by atoms with Gasteiger partial charge in [0.2, 0.25) is 0 Å². The van der Waals surface area contributed by atoms with Crippen molar-refractivity contribution in [3.8, 4) is 11.5 Å². The molecule has 0 bridgehead atoms. The average Bonchev–Trinajstić information content (AvgIpc) is 2.19. The molecule has 0 aliphatic rings. The first kappa shape index (κ1) is 10.6. The summed E-state index contributed by atoms with van der Waals surface area (Å²) in [5.41, 5.74) is 6.80. The first-order valence-corrected chi connectivity index (χ1v) is 4.42. The molecule has 0 radical (unpaired) electrons. The third-order valence-corrected chi connectivity index (χ3v) is 2.05. The van der Waals surface area contributed by atoms with Crippen LogP contribution in [0.2, 0.25) is 0 Å². The van der Waals surface area contributed by atoms with Crippen molar-refractivity contribution >= 4 is 0 Å². The van der Waals surface area contributed by atoms with E-state index in [1.807, 2.05) is 0 Å². The number of phenolic OH excluding ortho intramolecular Hbond substituents is 1. The summed E-state index contributed by atoms with van der Waals surface area (Å²) in [6.45, 7) is 3.63. The van der Waals surface area contributed by atoms with Gasteiger partial charge in [0.15, 0.2) is 11.5 Å². The second-order valence-electron chi connectivity index (χ2n) is 3.06. The van der Waals surface area contributed by atoms with E-state index in [0.29, 0.717) is 12.2 Å². The topological polar surface area (TPSA) is 55.5 Å². The Bertz CT molecular complexity index is 323. The van der Waals surface area contributed by atoms with Crippen LogP contribution in [0.3, 0.4) is 0 Å². The van der Waals surface area contributed by atoms with Crippen LogP contribution >= 0.6 is 0 Å². The predicted molar refractivity (Wildman–Crippen MR) is 56.4 cm³/mol. The van der Waals surface area contributed by atoms with Gasteiger partial charge >= 0.3 is 0 Å². The minimum atomic E-state index is -0.0954.